The number of rotatable bonds is 9. The molecule has 112 valence electrons. The molecular formula is C14H23N3O3. The summed E-state index contributed by atoms with van der Waals surface area (Å²) in [5.74, 6) is 0. The predicted octanol–water partition coefficient (Wildman–Crippen LogP) is 1.39. The highest BCUT2D eigenvalue weighted by molar-refractivity contribution is 5.32. The molecule has 20 heavy (non-hydrogen) atoms. The lowest BCUT2D eigenvalue weighted by Crippen LogP contribution is -2.38. The molecule has 0 bridgehead atoms. The fraction of sp³-hybridized carbons (Fsp3) is 0.571. The standard InChI is InChI=1S/C14H23N3O3/c1-3-16(4-2)11-14(18)10-15-9-12-5-7-13(8-6-12)17(19)20/h5-8,14-15,18H,3-4,9-11H2,1-2H3. The number of likely N-dealkylation sites (N-methyl/N-ethyl adjacent to an activating group) is 1. The van der Waals surface area contributed by atoms with Gasteiger partial charge >= 0.3 is 0 Å². The fourth-order valence-electron chi connectivity index (χ4n) is 1.96. The Balaban J connectivity index is 2.31. The normalized spacial score (nSPS) is 12.6. The summed E-state index contributed by atoms with van der Waals surface area (Å²) in [5, 5.41) is 23.6. The minimum absolute atomic E-state index is 0.0929. The number of hydrogen-bond donors (Lipinski definition) is 2. The van der Waals surface area contributed by atoms with Crippen molar-refractivity contribution >= 4 is 5.69 Å². The van der Waals surface area contributed by atoms with Crippen LogP contribution in [0.15, 0.2) is 24.3 Å². The molecule has 1 rings (SSSR count). The molecule has 1 atom stereocenters. The fourth-order valence-corrected chi connectivity index (χ4v) is 1.96. The van der Waals surface area contributed by atoms with Crippen LogP contribution in [0.1, 0.15) is 19.4 Å². The summed E-state index contributed by atoms with van der Waals surface area (Å²) in [6, 6.07) is 6.43. The molecule has 0 saturated heterocycles. The van der Waals surface area contributed by atoms with Gasteiger partial charge in [-0.3, -0.25) is 10.1 Å². The zero-order valence-corrected chi connectivity index (χ0v) is 12.1. The van der Waals surface area contributed by atoms with Crippen molar-refractivity contribution in [2.45, 2.75) is 26.5 Å². The second-order valence-corrected chi connectivity index (χ2v) is 4.69. The Morgan fingerprint density at radius 1 is 1.30 bits per heavy atom. The first-order valence-electron chi connectivity index (χ1n) is 6.91. The van der Waals surface area contributed by atoms with E-state index in [1.54, 1.807) is 12.1 Å². The lowest BCUT2D eigenvalue weighted by molar-refractivity contribution is -0.384. The Morgan fingerprint density at radius 3 is 2.40 bits per heavy atom. The molecule has 1 aromatic carbocycles. The van der Waals surface area contributed by atoms with Crippen molar-refractivity contribution in [2.75, 3.05) is 26.2 Å². The first-order valence-corrected chi connectivity index (χ1v) is 6.91. The van der Waals surface area contributed by atoms with Gasteiger partial charge in [0, 0.05) is 31.8 Å². The molecule has 0 aliphatic rings. The summed E-state index contributed by atoms with van der Waals surface area (Å²) < 4.78 is 0. The van der Waals surface area contributed by atoms with E-state index in [1.807, 2.05) is 0 Å². The van der Waals surface area contributed by atoms with E-state index in [2.05, 4.69) is 24.1 Å². The number of aliphatic hydroxyl groups is 1. The molecule has 1 unspecified atom stereocenters. The molecule has 0 heterocycles. The van der Waals surface area contributed by atoms with Crippen LogP contribution in [0.5, 0.6) is 0 Å². The van der Waals surface area contributed by atoms with Gasteiger partial charge in [-0.25, -0.2) is 0 Å². The van der Waals surface area contributed by atoms with Gasteiger partial charge in [-0.1, -0.05) is 26.0 Å². The van der Waals surface area contributed by atoms with Gasteiger partial charge in [0.15, 0.2) is 0 Å². The van der Waals surface area contributed by atoms with Crippen molar-refractivity contribution in [1.29, 1.82) is 0 Å². The van der Waals surface area contributed by atoms with Crippen LogP contribution in [0.2, 0.25) is 0 Å². The molecule has 6 nitrogen and oxygen atoms in total. The topological polar surface area (TPSA) is 78.6 Å². The highest BCUT2D eigenvalue weighted by atomic mass is 16.6. The van der Waals surface area contributed by atoms with Crippen LogP contribution in [0.3, 0.4) is 0 Å². The second kappa shape index (κ2) is 8.63. The van der Waals surface area contributed by atoms with Crippen LogP contribution in [-0.4, -0.2) is 47.2 Å². The zero-order chi connectivity index (χ0) is 15.0. The third-order valence-electron chi connectivity index (χ3n) is 3.22. The number of non-ortho nitro benzene ring substituents is 1. The van der Waals surface area contributed by atoms with Crippen LogP contribution in [0, 0.1) is 10.1 Å². The highest BCUT2D eigenvalue weighted by Gasteiger charge is 2.08. The summed E-state index contributed by atoms with van der Waals surface area (Å²) in [6.07, 6.45) is -0.409. The minimum Gasteiger partial charge on any atom is -0.390 e. The number of nitro benzene ring substituents is 1. The summed E-state index contributed by atoms with van der Waals surface area (Å²) in [5.41, 5.74) is 1.06. The van der Waals surface area contributed by atoms with Crippen LogP contribution >= 0.6 is 0 Å². The second-order valence-electron chi connectivity index (χ2n) is 4.69. The SMILES string of the molecule is CCN(CC)CC(O)CNCc1ccc([N+](=O)[O-])cc1. The Hall–Kier alpha value is -1.50. The van der Waals surface area contributed by atoms with Crippen LogP contribution < -0.4 is 5.32 Å². The van der Waals surface area contributed by atoms with Gasteiger partial charge in [0.2, 0.25) is 0 Å². The lowest BCUT2D eigenvalue weighted by Gasteiger charge is -2.22. The Bertz CT molecular complexity index is 405. The van der Waals surface area contributed by atoms with E-state index in [0.29, 0.717) is 19.6 Å². The van der Waals surface area contributed by atoms with Crippen molar-refractivity contribution < 1.29 is 10.0 Å². The molecule has 0 radical (unpaired) electrons. The monoisotopic (exact) mass is 281 g/mol. The van der Waals surface area contributed by atoms with E-state index in [-0.39, 0.29) is 5.69 Å². The number of nitrogens with one attached hydrogen (secondary N) is 1. The van der Waals surface area contributed by atoms with Gasteiger partial charge in [-0.2, -0.15) is 0 Å². The molecule has 0 aromatic heterocycles. The molecule has 0 spiro atoms. The molecule has 0 amide bonds. The lowest BCUT2D eigenvalue weighted by atomic mass is 10.2. The van der Waals surface area contributed by atoms with E-state index in [0.717, 1.165) is 18.7 Å². The van der Waals surface area contributed by atoms with Gasteiger partial charge in [0.1, 0.15) is 0 Å². The summed E-state index contributed by atoms with van der Waals surface area (Å²) in [7, 11) is 0. The minimum atomic E-state index is -0.412. The largest absolute Gasteiger partial charge is 0.390 e. The van der Waals surface area contributed by atoms with Crippen LogP contribution in [0.25, 0.3) is 0 Å². The van der Waals surface area contributed by atoms with E-state index >= 15 is 0 Å². The number of nitro groups is 1. The third kappa shape index (κ3) is 5.64. The Morgan fingerprint density at radius 2 is 1.90 bits per heavy atom. The highest BCUT2D eigenvalue weighted by Crippen LogP contribution is 2.11. The summed E-state index contributed by atoms with van der Waals surface area (Å²) in [6.45, 7) is 7.74. The van der Waals surface area contributed by atoms with E-state index in [1.165, 1.54) is 12.1 Å². The molecular weight excluding hydrogens is 258 g/mol. The van der Waals surface area contributed by atoms with Crippen molar-refractivity contribution in [3.8, 4) is 0 Å². The van der Waals surface area contributed by atoms with Crippen molar-refractivity contribution in [2.24, 2.45) is 0 Å². The maximum Gasteiger partial charge on any atom is 0.269 e. The van der Waals surface area contributed by atoms with Gasteiger partial charge in [-0.15, -0.1) is 0 Å². The zero-order valence-electron chi connectivity index (χ0n) is 12.1. The summed E-state index contributed by atoms with van der Waals surface area (Å²) in [4.78, 5) is 12.3. The Labute approximate surface area is 119 Å². The van der Waals surface area contributed by atoms with Gasteiger partial charge in [0.25, 0.3) is 5.69 Å². The quantitative estimate of drug-likeness (QED) is 0.528. The van der Waals surface area contributed by atoms with E-state index < -0.39 is 11.0 Å². The number of benzene rings is 1. The van der Waals surface area contributed by atoms with E-state index in [9.17, 15) is 15.2 Å². The molecule has 0 saturated carbocycles. The van der Waals surface area contributed by atoms with Gasteiger partial charge in [0.05, 0.1) is 11.0 Å². The number of hydrogen-bond acceptors (Lipinski definition) is 5. The van der Waals surface area contributed by atoms with Gasteiger partial charge < -0.3 is 15.3 Å². The smallest absolute Gasteiger partial charge is 0.269 e. The average molecular weight is 281 g/mol. The van der Waals surface area contributed by atoms with Crippen molar-refractivity contribution in [3.05, 3.63) is 39.9 Å². The number of nitrogens with zero attached hydrogens (tertiary/aromatic N) is 2. The maximum atomic E-state index is 10.5. The molecule has 0 aliphatic carbocycles. The average Bonchev–Trinajstić information content (AvgIpc) is 2.45. The van der Waals surface area contributed by atoms with Crippen molar-refractivity contribution in [1.82, 2.24) is 10.2 Å². The first kappa shape index (κ1) is 16.6. The molecule has 6 heteroatoms. The number of aliphatic hydroxyl groups excluding tert-OH is 1. The maximum absolute atomic E-state index is 10.5. The molecule has 0 aliphatic heterocycles. The van der Waals surface area contributed by atoms with Gasteiger partial charge in [-0.05, 0) is 18.7 Å². The predicted molar refractivity (Wildman–Crippen MR) is 78.6 cm³/mol. The molecule has 0 fully saturated rings. The van der Waals surface area contributed by atoms with E-state index in [4.69, 9.17) is 0 Å². The Kier molecular flexibility index (Phi) is 7.14. The van der Waals surface area contributed by atoms with Crippen molar-refractivity contribution in [3.63, 3.8) is 0 Å². The third-order valence-corrected chi connectivity index (χ3v) is 3.22. The van der Waals surface area contributed by atoms with Crippen LogP contribution in [0.4, 0.5) is 5.69 Å². The molecule has 2 N–H and O–H groups in total. The first-order chi connectivity index (χ1) is 9.56. The van der Waals surface area contributed by atoms with Crippen LogP contribution in [-0.2, 0) is 6.54 Å². The molecule has 1 aromatic rings. The summed E-state index contributed by atoms with van der Waals surface area (Å²) >= 11 is 0.